The van der Waals surface area contributed by atoms with Gasteiger partial charge in [0.1, 0.15) is 34.1 Å². The molecule has 312 valence electrons. The summed E-state index contributed by atoms with van der Waals surface area (Å²) in [6, 6.07) is 40.5. The lowest BCUT2D eigenvalue weighted by Crippen LogP contribution is -2.00. The third-order valence-corrected chi connectivity index (χ3v) is 9.63. The number of aromatic nitrogens is 9. The fourth-order valence-corrected chi connectivity index (χ4v) is 6.22. The largest absolute Gasteiger partial charge is 0.294 e. The van der Waals surface area contributed by atoms with Gasteiger partial charge in [-0.3, -0.25) is 30.3 Å². The van der Waals surface area contributed by atoms with Crippen molar-refractivity contribution in [3.8, 4) is 50.8 Å². The summed E-state index contributed by atoms with van der Waals surface area (Å²) in [6.45, 7) is 0. The number of hydrogen-bond acceptors (Lipinski definition) is 12. The SMILES string of the molecule is O=[N+]([O-])c1ccccc1-n1cc(-c2ccc(Cl)cc2)nn1.O=[N+]([O-])c1ccccc1-n1cc(-c2ccc(Cl)cc2)nn1.O=[N+]([O-])c1ccccc1-n1cc(-c2ccc(Cl)cc2)nn1. The van der Waals surface area contributed by atoms with Crippen LogP contribution in [-0.2, 0) is 0 Å². The van der Waals surface area contributed by atoms with Crippen molar-refractivity contribution >= 4 is 51.9 Å². The summed E-state index contributed by atoms with van der Waals surface area (Å²) in [7, 11) is 0. The second-order valence-electron chi connectivity index (χ2n) is 12.9. The summed E-state index contributed by atoms with van der Waals surface area (Å²) < 4.78 is 4.17. The van der Waals surface area contributed by atoms with Crippen LogP contribution in [0.3, 0.4) is 0 Å². The van der Waals surface area contributed by atoms with Gasteiger partial charge in [0.15, 0.2) is 0 Å². The summed E-state index contributed by atoms with van der Waals surface area (Å²) in [6.07, 6.45) is 4.93. The summed E-state index contributed by atoms with van der Waals surface area (Å²) in [5, 5.41) is 59.0. The van der Waals surface area contributed by atoms with Gasteiger partial charge < -0.3 is 0 Å². The van der Waals surface area contributed by atoms with E-state index in [1.165, 1.54) is 32.2 Å². The normalized spacial score (nSPS) is 10.5. The molecular formula is C42H27Cl3N12O6. The van der Waals surface area contributed by atoms with Crippen LogP contribution in [0.5, 0.6) is 0 Å². The van der Waals surface area contributed by atoms with E-state index in [0.29, 0.717) is 49.2 Å². The number of halogens is 3. The van der Waals surface area contributed by atoms with Crippen molar-refractivity contribution in [2.24, 2.45) is 0 Å². The lowest BCUT2D eigenvalue weighted by atomic mass is 10.2. The fourth-order valence-electron chi connectivity index (χ4n) is 5.84. The number of nitrogens with zero attached hydrogens (tertiary/aromatic N) is 12. The molecule has 6 aromatic carbocycles. The monoisotopic (exact) mass is 900 g/mol. The Morgan fingerprint density at radius 3 is 0.841 bits per heavy atom. The molecule has 0 saturated carbocycles. The Hall–Kier alpha value is -8.19. The molecular weight excluding hydrogens is 875 g/mol. The van der Waals surface area contributed by atoms with Gasteiger partial charge in [-0.15, -0.1) is 15.3 Å². The summed E-state index contributed by atoms with van der Waals surface area (Å²) in [5.41, 5.74) is 5.40. The van der Waals surface area contributed by atoms with E-state index in [1.807, 2.05) is 36.4 Å². The molecule has 0 saturated heterocycles. The minimum atomic E-state index is -0.445. The van der Waals surface area contributed by atoms with Gasteiger partial charge >= 0.3 is 0 Å². The molecule has 0 aliphatic heterocycles. The Labute approximate surface area is 370 Å². The molecule has 9 rings (SSSR count). The van der Waals surface area contributed by atoms with Crippen LogP contribution in [0.25, 0.3) is 50.8 Å². The van der Waals surface area contributed by atoms with E-state index in [1.54, 1.807) is 110 Å². The van der Waals surface area contributed by atoms with Crippen LogP contribution in [0.15, 0.2) is 164 Å². The minimum absolute atomic E-state index is 0.0231. The van der Waals surface area contributed by atoms with Crippen LogP contribution >= 0.6 is 34.8 Å². The number of rotatable bonds is 9. The highest BCUT2D eigenvalue weighted by Crippen LogP contribution is 2.27. The van der Waals surface area contributed by atoms with Crippen molar-refractivity contribution in [2.75, 3.05) is 0 Å². The average molecular weight is 902 g/mol. The van der Waals surface area contributed by atoms with Gasteiger partial charge in [0, 0.05) is 50.0 Å². The lowest BCUT2D eigenvalue weighted by molar-refractivity contribution is -0.384. The predicted molar refractivity (Wildman–Crippen MR) is 235 cm³/mol. The van der Waals surface area contributed by atoms with Crippen LogP contribution in [0, 0.1) is 30.3 Å². The average Bonchev–Trinajstić information content (AvgIpc) is 4.11. The Morgan fingerprint density at radius 1 is 0.365 bits per heavy atom. The standard InChI is InChI=1S/3C14H9ClN4O2/c3*15-11-7-5-10(6-8-11)12-9-18(17-16-12)13-3-1-2-4-14(13)19(20)21/h3*1-9H. The van der Waals surface area contributed by atoms with Crippen molar-refractivity contribution in [1.82, 2.24) is 45.0 Å². The molecule has 0 aliphatic rings. The molecule has 3 heterocycles. The van der Waals surface area contributed by atoms with Crippen LogP contribution < -0.4 is 0 Å². The minimum Gasteiger partial charge on any atom is -0.258 e. The molecule has 0 fully saturated rings. The molecule has 9 aromatic rings. The van der Waals surface area contributed by atoms with Gasteiger partial charge in [-0.1, -0.05) is 123 Å². The van der Waals surface area contributed by atoms with Gasteiger partial charge in [-0.05, 0) is 54.6 Å². The summed E-state index contributed by atoms with van der Waals surface area (Å²) in [4.78, 5) is 31.8. The summed E-state index contributed by atoms with van der Waals surface area (Å²) in [5.74, 6) is 0. The first kappa shape index (κ1) is 42.9. The molecule has 0 atom stereocenters. The van der Waals surface area contributed by atoms with E-state index in [4.69, 9.17) is 34.8 Å². The third-order valence-electron chi connectivity index (χ3n) is 8.88. The van der Waals surface area contributed by atoms with Crippen molar-refractivity contribution in [2.45, 2.75) is 0 Å². The Balaban J connectivity index is 0.000000142. The molecule has 0 radical (unpaired) electrons. The highest BCUT2D eigenvalue weighted by atomic mass is 35.5. The van der Waals surface area contributed by atoms with Gasteiger partial charge in [-0.25, -0.2) is 14.0 Å². The second kappa shape index (κ2) is 19.5. The lowest BCUT2D eigenvalue weighted by Gasteiger charge is -2.00. The van der Waals surface area contributed by atoms with E-state index in [0.717, 1.165) is 16.7 Å². The molecule has 0 bridgehead atoms. The predicted octanol–water partition coefficient (Wildman–Crippen LogP) is 10.5. The number of nitro groups is 3. The number of benzene rings is 6. The van der Waals surface area contributed by atoms with E-state index < -0.39 is 14.8 Å². The van der Waals surface area contributed by atoms with Crippen molar-refractivity contribution in [1.29, 1.82) is 0 Å². The Bertz CT molecular complexity index is 2720. The fraction of sp³-hybridized carbons (Fsp3) is 0. The highest BCUT2D eigenvalue weighted by molar-refractivity contribution is 6.31. The molecule has 0 aliphatic carbocycles. The Morgan fingerprint density at radius 2 is 0.603 bits per heavy atom. The molecule has 0 amide bonds. The number of para-hydroxylation sites is 6. The van der Waals surface area contributed by atoms with Crippen LogP contribution in [0.1, 0.15) is 0 Å². The van der Waals surface area contributed by atoms with Gasteiger partial charge in [-0.2, -0.15) is 0 Å². The van der Waals surface area contributed by atoms with Crippen LogP contribution in [0.2, 0.25) is 15.1 Å². The van der Waals surface area contributed by atoms with Gasteiger partial charge in [0.2, 0.25) is 0 Å². The van der Waals surface area contributed by atoms with Crippen LogP contribution in [0.4, 0.5) is 17.1 Å². The summed E-state index contributed by atoms with van der Waals surface area (Å²) >= 11 is 17.5. The Kier molecular flexibility index (Phi) is 13.3. The molecule has 21 heteroatoms. The molecule has 3 aromatic heterocycles. The molecule has 0 N–H and O–H groups in total. The number of nitro benzene ring substituents is 3. The smallest absolute Gasteiger partial charge is 0.258 e. The number of hydrogen-bond donors (Lipinski definition) is 0. The van der Waals surface area contributed by atoms with E-state index >= 15 is 0 Å². The molecule has 63 heavy (non-hydrogen) atoms. The van der Waals surface area contributed by atoms with Gasteiger partial charge in [0.25, 0.3) is 17.1 Å². The van der Waals surface area contributed by atoms with Crippen LogP contribution in [-0.4, -0.2) is 59.8 Å². The van der Waals surface area contributed by atoms with Crippen molar-refractivity contribution in [3.05, 3.63) is 210 Å². The zero-order valence-electron chi connectivity index (χ0n) is 32.0. The van der Waals surface area contributed by atoms with E-state index in [9.17, 15) is 30.3 Å². The zero-order chi connectivity index (χ0) is 44.5. The maximum Gasteiger partial charge on any atom is 0.294 e. The molecule has 18 nitrogen and oxygen atoms in total. The third kappa shape index (κ3) is 10.4. The topological polar surface area (TPSA) is 222 Å². The van der Waals surface area contributed by atoms with E-state index in [-0.39, 0.29) is 17.1 Å². The van der Waals surface area contributed by atoms with E-state index in [2.05, 4.69) is 30.9 Å². The first-order valence-electron chi connectivity index (χ1n) is 18.2. The molecule has 0 unspecified atom stereocenters. The first-order valence-corrected chi connectivity index (χ1v) is 19.3. The van der Waals surface area contributed by atoms with Gasteiger partial charge in [0.05, 0.1) is 33.4 Å². The maximum atomic E-state index is 11.0. The zero-order valence-corrected chi connectivity index (χ0v) is 34.3. The maximum absolute atomic E-state index is 11.0. The quantitative estimate of drug-likeness (QED) is 0.0975. The highest BCUT2D eigenvalue weighted by Gasteiger charge is 2.19. The first-order chi connectivity index (χ1) is 30.4. The van der Waals surface area contributed by atoms with Crippen molar-refractivity contribution < 1.29 is 14.8 Å². The second-order valence-corrected chi connectivity index (χ2v) is 14.2. The molecule has 0 spiro atoms. The van der Waals surface area contributed by atoms with Crippen molar-refractivity contribution in [3.63, 3.8) is 0 Å².